The molecule has 0 saturated carbocycles. The van der Waals surface area contributed by atoms with Gasteiger partial charge in [0.25, 0.3) is 0 Å². The maximum Gasteiger partial charge on any atom is 0.226 e. The van der Waals surface area contributed by atoms with Gasteiger partial charge in [0.2, 0.25) is 5.91 Å². The number of nitrogens with zero attached hydrogens (tertiary/aromatic N) is 1. The molecule has 0 aliphatic heterocycles. The lowest BCUT2D eigenvalue weighted by Gasteiger charge is -2.13. The Hall–Kier alpha value is -1.30. The van der Waals surface area contributed by atoms with Gasteiger partial charge in [-0.2, -0.15) is 0 Å². The van der Waals surface area contributed by atoms with Crippen LogP contribution in [0.15, 0.2) is 29.6 Å². The molecule has 1 heterocycles. The standard InChI is InChI=1S/C17H23N3OS.2ClH/c1-17(2,3)16-20-14(11-22-16)10-15(21)19-9-8-12-4-6-13(18)7-5-12;;/h4-7,11H,8-10,18H2,1-3H3,(H,19,21);2*1H. The van der Waals surface area contributed by atoms with Crippen LogP contribution in [0.5, 0.6) is 0 Å². The van der Waals surface area contributed by atoms with Crippen LogP contribution in [-0.2, 0) is 23.1 Å². The van der Waals surface area contributed by atoms with Gasteiger partial charge in [-0.3, -0.25) is 4.79 Å². The summed E-state index contributed by atoms with van der Waals surface area (Å²) < 4.78 is 0. The Morgan fingerprint density at radius 1 is 1.21 bits per heavy atom. The fourth-order valence-electron chi connectivity index (χ4n) is 1.99. The Morgan fingerprint density at radius 3 is 2.38 bits per heavy atom. The second-order valence-electron chi connectivity index (χ2n) is 6.41. The first-order valence-corrected chi connectivity index (χ1v) is 8.28. The third-order valence-corrected chi connectivity index (χ3v) is 4.57. The van der Waals surface area contributed by atoms with E-state index in [0.717, 1.165) is 28.4 Å². The number of hydrogen-bond acceptors (Lipinski definition) is 4. The second kappa shape index (κ2) is 9.87. The van der Waals surface area contributed by atoms with Crippen molar-refractivity contribution in [3.8, 4) is 0 Å². The number of nitrogens with one attached hydrogen (secondary N) is 1. The van der Waals surface area contributed by atoms with Crippen molar-refractivity contribution >= 4 is 47.7 Å². The van der Waals surface area contributed by atoms with Crippen molar-refractivity contribution in [2.24, 2.45) is 0 Å². The molecule has 4 nitrogen and oxygen atoms in total. The molecule has 3 N–H and O–H groups in total. The molecule has 0 radical (unpaired) electrons. The summed E-state index contributed by atoms with van der Waals surface area (Å²) in [6.07, 6.45) is 1.14. The summed E-state index contributed by atoms with van der Waals surface area (Å²) in [5.41, 5.74) is 8.45. The molecule has 1 aromatic carbocycles. The second-order valence-corrected chi connectivity index (χ2v) is 7.27. The lowest BCUT2D eigenvalue weighted by Crippen LogP contribution is -2.27. The van der Waals surface area contributed by atoms with Gasteiger partial charge >= 0.3 is 0 Å². The minimum absolute atomic E-state index is 0. The highest BCUT2D eigenvalue weighted by Crippen LogP contribution is 2.25. The monoisotopic (exact) mass is 389 g/mol. The highest BCUT2D eigenvalue weighted by molar-refractivity contribution is 7.09. The molecule has 7 heteroatoms. The van der Waals surface area contributed by atoms with Gasteiger partial charge in [-0.15, -0.1) is 36.2 Å². The Labute approximate surface area is 160 Å². The maximum atomic E-state index is 11.9. The molecular weight excluding hydrogens is 365 g/mol. The summed E-state index contributed by atoms with van der Waals surface area (Å²) in [5, 5.41) is 5.98. The van der Waals surface area contributed by atoms with E-state index in [-0.39, 0.29) is 36.1 Å². The van der Waals surface area contributed by atoms with E-state index < -0.39 is 0 Å². The highest BCUT2D eigenvalue weighted by Gasteiger charge is 2.18. The van der Waals surface area contributed by atoms with E-state index in [1.165, 1.54) is 0 Å². The number of nitrogens with two attached hydrogens (primary N) is 1. The van der Waals surface area contributed by atoms with Gasteiger partial charge in [0.1, 0.15) is 0 Å². The van der Waals surface area contributed by atoms with Crippen molar-refractivity contribution in [1.29, 1.82) is 0 Å². The quantitative estimate of drug-likeness (QED) is 0.764. The average molecular weight is 390 g/mol. The topological polar surface area (TPSA) is 68.0 Å². The fourth-order valence-corrected chi connectivity index (χ4v) is 2.90. The lowest BCUT2D eigenvalue weighted by molar-refractivity contribution is -0.120. The zero-order valence-corrected chi connectivity index (χ0v) is 16.6. The number of nitrogen functional groups attached to an aromatic ring is 1. The zero-order chi connectivity index (χ0) is 16.2. The summed E-state index contributed by atoms with van der Waals surface area (Å²) >= 11 is 1.62. The molecule has 0 spiro atoms. The maximum absolute atomic E-state index is 11.9. The largest absolute Gasteiger partial charge is 0.399 e. The molecular formula is C17H25Cl2N3OS. The van der Waals surface area contributed by atoms with E-state index >= 15 is 0 Å². The van der Waals surface area contributed by atoms with Gasteiger partial charge in [0.15, 0.2) is 0 Å². The van der Waals surface area contributed by atoms with Crippen molar-refractivity contribution < 1.29 is 4.79 Å². The number of benzene rings is 1. The van der Waals surface area contributed by atoms with E-state index in [2.05, 4.69) is 31.1 Å². The molecule has 0 aliphatic carbocycles. The summed E-state index contributed by atoms with van der Waals surface area (Å²) in [7, 11) is 0. The molecule has 2 rings (SSSR count). The van der Waals surface area contributed by atoms with Gasteiger partial charge in [-0.25, -0.2) is 4.98 Å². The molecule has 0 atom stereocenters. The molecule has 0 saturated heterocycles. The van der Waals surface area contributed by atoms with E-state index in [1.54, 1.807) is 11.3 Å². The summed E-state index contributed by atoms with van der Waals surface area (Å²) in [6.45, 7) is 7.01. The smallest absolute Gasteiger partial charge is 0.226 e. The van der Waals surface area contributed by atoms with Crippen LogP contribution >= 0.6 is 36.2 Å². The zero-order valence-electron chi connectivity index (χ0n) is 14.2. The summed E-state index contributed by atoms with van der Waals surface area (Å²) in [6, 6.07) is 7.72. The number of amides is 1. The molecule has 0 bridgehead atoms. The Balaban J connectivity index is 0.00000264. The van der Waals surface area contributed by atoms with Crippen LogP contribution in [0, 0.1) is 0 Å². The van der Waals surface area contributed by atoms with Crippen LogP contribution < -0.4 is 11.1 Å². The number of anilines is 1. The summed E-state index contributed by atoms with van der Waals surface area (Å²) in [4.78, 5) is 16.5. The molecule has 0 unspecified atom stereocenters. The van der Waals surface area contributed by atoms with E-state index in [1.807, 2.05) is 29.6 Å². The molecule has 24 heavy (non-hydrogen) atoms. The van der Waals surface area contributed by atoms with Crippen molar-refractivity contribution in [3.05, 3.63) is 45.9 Å². The van der Waals surface area contributed by atoms with Crippen molar-refractivity contribution in [1.82, 2.24) is 10.3 Å². The number of aromatic nitrogens is 1. The van der Waals surface area contributed by atoms with E-state index in [4.69, 9.17) is 5.73 Å². The van der Waals surface area contributed by atoms with Crippen molar-refractivity contribution in [3.63, 3.8) is 0 Å². The lowest BCUT2D eigenvalue weighted by atomic mass is 9.98. The van der Waals surface area contributed by atoms with Gasteiger partial charge in [-0.05, 0) is 24.1 Å². The van der Waals surface area contributed by atoms with Gasteiger partial charge in [0, 0.05) is 23.0 Å². The normalized spacial score (nSPS) is 10.5. The summed E-state index contributed by atoms with van der Waals surface area (Å²) in [5.74, 6) is 0.0150. The van der Waals surface area contributed by atoms with Crippen LogP contribution in [0.2, 0.25) is 0 Å². The minimum Gasteiger partial charge on any atom is -0.399 e. The first-order chi connectivity index (χ1) is 10.3. The number of hydrogen-bond donors (Lipinski definition) is 2. The van der Waals surface area contributed by atoms with E-state index in [9.17, 15) is 4.79 Å². The SMILES string of the molecule is CC(C)(C)c1nc(CC(=O)NCCc2ccc(N)cc2)cs1.Cl.Cl. The van der Waals surface area contributed by atoms with Gasteiger partial charge in [-0.1, -0.05) is 32.9 Å². The number of halogens is 2. The first kappa shape index (κ1) is 22.7. The first-order valence-electron chi connectivity index (χ1n) is 7.40. The van der Waals surface area contributed by atoms with Crippen molar-refractivity contribution in [2.75, 3.05) is 12.3 Å². The molecule has 0 aliphatic rings. The number of thiazole rings is 1. The molecule has 1 aromatic heterocycles. The van der Waals surface area contributed by atoms with E-state index in [0.29, 0.717) is 13.0 Å². The Morgan fingerprint density at radius 2 is 1.83 bits per heavy atom. The Kier molecular flexibility index (Phi) is 9.33. The van der Waals surface area contributed by atoms with Gasteiger partial charge < -0.3 is 11.1 Å². The fraction of sp³-hybridized carbons (Fsp3) is 0.412. The molecule has 0 fully saturated rings. The van der Waals surface area contributed by atoms with Crippen molar-refractivity contribution in [2.45, 2.75) is 39.0 Å². The Bertz CT molecular complexity index is 636. The van der Waals surface area contributed by atoms with Crippen LogP contribution in [-0.4, -0.2) is 17.4 Å². The minimum atomic E-state index is 0. The average Bonchev–Trinajstić information content (AvgIpc) is 2.89. The third-order valence-electron chi connectivity index (χ3n) is 3.25. The molecule has 2 aromatic rings. The number of carbonyl (C=O) groups is 1. The predicted octanol–water partition coefficient (Wildman–Crippen LogP) is 3.77. The predicted molar refractivity (Wildman–Crippen MR) is 107 cm³/mol. The van der Waals surface area contributed by atoms with Crippen LogP contribution in [0.3, 0.4) is 0 Å². The molecule has 134 valence electrons. The third kappa shape index (κ3) is 7.07. The highest BCUT2D eigenvalue weighted by atomic mass is 35.5. The van der Waals surface area contributed by atoms with Crippen LogP contribution in [0.25, 0.3) is 0 Å². The number of carbonyl (C=O) groups excluding carboxylic acids is 1. The molecule has 1 amide bonds. The van der Waals surface area contributed by atoms with Gasteiger partial charge in [0.05, 0.1) is 17.1 Å². The van der Waals surface area contributed by atoms with Crippen LogP contribution in [0.4, 0.5) is 5.69 Å². The van der Waals surface area contributed by atoms with Crippen LogP contribution in [0.1, 0.15) is 37.0 Å². The number of rotatable bonds is 5.